The Hall–Kier alpha value is -1.02. The van der Waals surface area contributed by atoms with Crippen molar-refractivity contribution >= 4 is 0 Å². The molecule has 0 saturated heterocycles. The molecule has 16 heavy (non-hydrogen) atoms. The lowest BCUT2D eigenvalue weighted by Gasteiger charge is -2.60. The molecule has 0 amide bonds. The number of rotatable bonds is 1. The van der Waals surface area contributed by atoms with Gasteiger partial charge in [0.05, 0.1) is 6.61 Å². The van der Waals surface area contributed by atoms with Crippen LogP contribution in [0.15, 0.2) is 24.3 Å². The van der Waals surface area contributed by atoms with E-state index in [0.717, 1.165) is 12.4 Å². The minimum absolute atomic E-state index is 0.333. The minimum Gasteiger partial charge on any atom is -0.493 e. The molecule has 1 aromatic carbocycles. The summed E-state index contributed by atoms with van der Waals surface area (Å²) in [4.78, 5) is 0. The van der Waals surface area contributed by atoms with Gasteiger partial charge in [-0.25, -0.2) is 0 Å². The van der Waals surface area contributed by atoms with Gasteiger partial charge in [0.2, 0.25) is 0 Å². The fourth-order valence-electron chi connectivity index (χ4n) is 3.84. The Morgan fingerprint density at radius 2 is 2.06 bits per heavy atom. The SMILES string of the molecule is CNC1C2COc3ccccc3C2C1(C)C. The number of para-hydroxylation sites is 1. The van der Waals surface area contributed by atoms with Crippen molar-refractivity contribution in [3.05, 3.63) is 29.8 Å². The van der Waals surface area contributed by atoms with Gasteiger partial charge in [0.25, 0.3) is 0 Å². The summed E-state index contributed by atoms with van der Waals surface area (Å²) in [6.07, 6.45) is 0. The van der Waals surface area contributed by atoms with Crippen LogP contribution in [0.4, 0.5) is 0 Å². The highest BCUT2D eigenvalue weighted by molar-refractivity contribution is 5.43. The summed E-state index contributed by atoms with van der Waals surface area (Å²) in [5, 5.41) is 3.44. The Labute approximate surface area is 97.0 Å². The molecular formula is C14H19NO. The molecule has 0 spiro atoms. The van der Waals surface area contributed by atoms with Gasteiger partial charge in [0.1, 0.15) is 5.75 Å². The molecule has 1 N–H and O–H groups in total. The van der Waals surface area contributed by atoms with Crippen molar-refractivity contribution in [3.63, 3.8) is 0 Å². The third kappa shape index (κ3) is 1.11. The number of hydrogen-bond donors (Lipinski definition) is 1. The van der Waals surface area contributed by atoms with E-state index in [9.17, 15) is 0 Å². The van der Waals surface area contributed by atoms with E-state index >= 15 is 0 Å². The van der Waals surface area contributed by atoms with Crippen molar-refractivity contribution in [1.29, 1.82) is 0 Å². The summed E-state index contributed by atoms with van der Waals surface area (Å²) in [7, 11) is 2.06. The standard InChI is InChI=1S/C14H19NO/c1-14(2)12-9-6-4-5-7-11(9)16-8-10(12)13(14)15-3/h4-7,10,12-13,15H,8H2,1-3H3. The van der Waals surface area contributed by atoms with Crippen LogP contribution in [0, 0.1) is 11.3 Å². The van der Waals surface area contributed by atoms with E-state index in [1.807, 2.05) is 0 Å². The Balaban J connectivity index is 2.02. The number of hydrogen-bond acceptors (Lipinski definition) is 2. The van der Waals surface area contributed by atoms with Gasteiger partial charge in [-0.2, -0.15) is 0 Å². The van der Waals surface area contributed by atoms with Crippen LogP contribution in [0.2, 0.25) is 0 Å². The normalized spacial score (nSPS) is 34.3. The predicted octanol–water partition coefficient (Wildman–Crippen LogP) is 2.41. The number of benzene rings is 1. The van der Waals surface area contributed by atoms with Crippen molar-refractivity contribution in [2.45, 2.75) is 25.8 Å². The minimum atomic E-state index is 0.333. The van der Waals surface area contributed by atoms with Gasteiger partial charge in [-0.15, -0.1) is 0 Å². The number of ether oxygens (including phenoxy) is 1. The maximum Gasteiger partial charge on any atom is 0.122 e. The first-order valence-electron chi connectivity index (χ1n) is 6.05. The Kier molecular flexibility index (Phi) is 2.05. The van der Waals surface area contributed by atoms with Gasteiger partial charge in [-0.1, -0.05) is 32.0 Å². The molecule has 1 heterocycles. The zero-order valence-electron chi connectivity index (χ0n) is 10.2. The van der Waals surface area contributed by atoms with E-state index in [0.29, 0.717) is 23.3 Å². The van der Waals surface area contributed by atoms with E-state index < -0.39 is 0 Å². The lowest BCUT2D eigenvalue weighted by molar-refractivity contribution is -0.0461. The Bertz CT molecular complexity index is 413. The number of fused-ring (bicyclic) bond motifs is 3. The van der Waals surface area contributed by atoms with Gasteiger partial charge in [0, 0.05) is 17.9 Å². The second kappa shape index (κ2) is 3.24. The van der Waals surface area contributed by atoms with Crippen LogP contribution >= 0.6 is 0 Å². The zero-order chi connectivity index (χ0) is 11.3. The molecule has 1 fully saturated rings. The van der Waals surface area contributed by atoms with Gasteiger partial charge < -0.3 is 10.1 Å². The molecule has 1 aliphatic carbocycles. The molecule has 1 aliphatic heterocycles. The molecular weight excluding hydrogens is 198 g/mol. The van der Waals surface area contributed by atoms with Crippen LogP contribution in [0.1, 0.15) is 25.3 Å². The average Bonchev–Trinajstić information content (AvgIpc) is 2.28. The first-order valence-corrected chi connectivity index (χ1v) is 6.05. The first-order chi connectivity index (χ1) is 7.66. The quantitative estimate of drug-likeness (QED) is 0.780. The molecule has 2 nitrogen and oxygen atoms in total. The summed E-state index contributed by atoms with van der Waals surface area (Å²) in [6, 6.07) is 9.06. The predicted molar refractivity (Wildman–Crippen MR) is 64.8 cm³/mol. The average molecular weight is 217 g/mol. The van der Waals surface area contributed by atoms with E-state index in [1.165, 1.54) is 5.56 Å². The molecule has 2 heteroatoms. The lowest BCUT2D eigenvalue weighted by atomic mass is 9.49. The smallest absolute Gasteiger partial charge is 0.122 e. The molecule has 1 saturated carbocycles. The van der Waals surface area contributed by atoms with Gasteiger partial charge >= 0.3 is 0 Å². The maximum absolute atomic E-state index is 5.84. The van der Waals surface area contributed by atoms with Crippen molar-refractivity contribution in [2.75, 3.05) is 13.7 Å². The second-order valence-corrected chi connectivity index (χ2v) is 5.58. The fourth-order valence-corrected chi connectivity index (χ4v) is 3.84. The van der Waals surface area contributed by atoms with E-state index in [1.54, 1.807) is 0 Å². The Morgan fingerprint density at radius 1 is 1.31 bits per heavy atom. The van der Waals surface area contributed by atoms with Crippen LogP contribution in [-0.4, -0.2) is 19.7 Å². The van der Waals surface area contributed by atoms with Crippen molar-refractivity contribution in [1.82, 2.24) is 5.32 Å². The molecule has 0 radical (unpaired) electrons. The molecule has 2 aliphatic rings. The van der Waals surface area contributed by atoms with Crippen molar-refractivity contribution < 1.29 is 4.74 Å². The summed E-state index contributed by atoms with van der Waals surface area (Å²) >= 11 is 0. The van der Waals surface area contributed by atoms with E-state index in [-0.39, 0.29) is 0 Å². The summed E-state index contributed by atoms with van der Waals surface area (Å²) in [5.74, 6) is 2.37. The highest BCUT2D eigenvalue weighted by atomic mass is 16.5. The fraction of sp³-hybridized carbons (Fsp3) is 0.571. The van der Waals surface area contributed by atoms with Crippen molar-refractivity contribution in [2.24, 2.45) is 11.3 Å². The van der Waals surface area contributed by atoms with Crippen molar-refractivity contribution in [3.8, 4) is 5.75 Å². The summed E-state index contributed by atoms with van der Waals surface area (Å²) in [6.45, 7) is 5.57. The number of nitrogens with one attached hydrogen (secondary N) is 1. The second-order valence-electron chi connectivity index (χ2n) is 5.58. The zero-order valence-corrected chi connectivity index (χ0v) is 10.2. The third-order valence-corrected chi connectivity index (χ3v) is 4.46. The lowest BCUT2D eigenvalue weighted by Crippen LogP contribution is -2.64. The summed E-state index contributed by atoms with van der Waals surface area (Å²) in [5.41, 5.74) is 1.73. The van der Waals surface area contributed by atoms with E-state index in [4.69, 9.17) is 4.74 Å². The highest BCUT2D eigenvalue weighted by Gasteiger charge is 2.58. The first kappa shape index (κ1) is 10.2. The third-order valence-electron chi connectivity index (χ3n) is 4.46. The van der Waals surface area contributed by atoms with Crippen LogP contribution in [-0.2, 0) is 0 Å². The highest BCUT2D eigenvalue weighted by Crippen LogP contribution is 2.60. The topological polar surface area (TPSA) is 21.3 Å². The maximum atomic E-state index is 5.84. The summed E-state index contributed by atoms with van der Waals surface area (Å²) < 4.78 is 5.84. The molecule has 1 aromatic rings. The van der Waals surface area contributed by atoms with Gasteiger partial charge in [0.15, 0.2) is 0 Å². The molecule has 0 aromatic heterocycles. The van der Waals surface area contributed by atoms with Crippen LogP contribution in [0.3, 0.4) is 0 Å². The molecule has 3 unspecified atom stereocenters. The molecule has 86 valence electrons. The molecule has 0 bridgehead atoms. The van der Waals surface area contributed by atoms with E-state index in [2.05, 4.69) is 50.5 Å². The monoisotopic (exact) mass is 217 g/mol. The van der Waals surface area contributed by atoms with Crippen LogP contribution in [0.25, 0.3) is 0 Å². The van der Waals surface area contributed by atoms with Crippen LogP contribution < -0.4 is 10.1 Å². The largest absolute Gasteiger partial charge is 0.493 e. The van der Waals surface area contributed by atoms with Gasteiger partial charge in [-0.3, -0.25) is 0 Å². The van der Waals surface area contributed by atoms with Gasteiger partial charge in [-0.05, 0) is 24.1 Å². The Morgan fingerprint density at radius 3 is 2.81 bits per heavy atom. The molecule has 3 atom stereocenters. The molecule has 3 rings (SSSR count). The van der Waals surface area contributed by atoms with Crippen LogP contribution in [0.5, 0.6) is 5.75 Å².